The van der Waals surface area contributed by atoms with Gasteiger partial charge in [-0.3, -0.25) is 4.79 Å². The molecule has 5 nitrogen and oxygen atoms in total. The van der Waals surface area contributed by atoms with E-state index >= 15 is 0 Å². The van der Waals surface area contributed by atoms with Crippen LogP contribution in [0, 0.1) is 0 Å². The second kappa shape index (κ2) is 6.64. The molecule has 3 aromatic rings. The summed E-state index contributed by atoms with van der Waals surface area (Å²) in [6.45, 7) is -0.0712. The molecule has 0 saturated heterocycles. The Bertz CT molecular complexity index is 828. The number of aliphatic hydroxyl groups excluding tert-OH is 1. The third-order valence-electron chi connectivity index (χ3n) is 3.30. The third-order valence-corrected chi connectivity index (χ3v) is 3.56. The van der Waals surface area contributed by atoms with Crippen LogP contribution >= 0.6 is 11.6 Å². The van der Waals surface area contributed by atoms with Gasteiger partial charge in [0.05, 0.1) is 24.1 Å². The fraction of sp³-hybridized carbons (Fsp3) is 0.0588. The highest BCUT2D eigenvalue weighted by Crippen LogP contribution is 2.15. The first-order chi connectivity index (χ1) is 11.2. The maximum Gasteiger partial charge on any atom is 0.258 e. The van der Waals surface area contributed by atoms with Gasteiger partial charge >= 0.3 is 0 Å². The average molecular weight is 328 g/mol. The molecule has 3 rings (SSSR count). The molecule has 0 aliphatic rings. The number of nitrogens with zero attached hydrogens (tertiary/aromatic N) is 2. The Kier molecular flexibility index (Phi) is 4.41. The first-order valence-corrected chi connectivity index (χ1v) is 7.35. The zero-order valence-corrected chi connectivity index (χ0v) is 12.9. The molecule has 116 valence electrons. The van der Waals surface area contributed by atoms with Crippen LogP contribution in [0.3, 0.4) is 0 Å². The molecule has 1 amide bonds. The van der Waals surface area contributed by atoms with E-state index in [1.807, 2.05) is 12.1 Å². The van der Waals surface area contributed by atoms with Crippen molar-refractivity contribution in [3.63, 3.8) is 0 Å². The van der Waals surface area contributed by atoms with Crippen LogP contribution in [0.2, 0.25) is 5.02 Å². The van der Waals surface area contributed by atoms with E-state index in [4.69, 9.17) is 16.7 Å². The van der Waals surface area contributed by atoms with Gasteiger partial charge in [-0.05, 0) is 42.0 Å². The molecule has 0 spiro atoms. The second-order valence-electron chi connectivity index (χ2n) is 4.96. The Labute approximate surface area is 138 Å². The molecule has 1 heterocycles. The van der Waals surface area contributed by atoms with E-state index in [0.717, 1.165) is 11.3 Å². The molecule has 0 bridgehead atoms. The van der Waals surface area contributed by atoms with Gasteiger partial charge in [0.25, 0.3) is 5.91 Å². The first kappa shape index (κ1) is 15.3. The van der Waals surface area contributed by atoms with Crippen LogP contribution in [-0.4, -0.2) is 20.8 Å². The van der Waals surface area contributed by atoms with E-state index in [9.17, 15) is 4.79 Å². The largest absolute Gasteiger partial charge is 0.392 e. The predicted octanol–water partition coefficient (Wildman–Crippen LogP) is 3.27. The Balaban J connectivity index is 1.76. The molecule has 0 unspecified atom stereocenters. The minimum Gasteiger partial charge on any atom is -0.392 e. The first-order valence-electron chi connectivity index (χ1n) is 6.97. The normalized spacial score (nSPS) is 10.5. The van der Waals surface area contributed by atoms with Gasteiger partial charge < -0.3 is 10.4 Å². The van der Waals surface area contributed by atoms with Crippen molar-refractivity contribution >= 4 is 23.2 Å². The van der Waals surface area contributed by atoms with Gasteiger partial charge in [0, 0.05) is 16.9 Å². The number of aromatic nitrogens is 2. The zero-order valence-electron chi connectivity index (χ0n) is 12.1. The molecule has 0 fully saturated rings. The van der Waals surface area contributed by atoms with Crippen molar-refractivity contribution in [1.82, 2.24) is 9.78 Å². The van der Waals surface area contributed by atoms with Crippen molar-refractivity contribution in [3.05, 3.63) is 77.1 Å². The van der Waals surface area contributed by atoms with E-state index in [1.54, 1.807) is 47.3 Å². The lowest BCUT2D eigenvalue weighted by Crippen LogP contribution is -2.11. The van der Waals surface area contributed by atoms with Crippen molar-refractivity contribution < 1.29 is 9.90 Å². The smallest absolute Gasteiger partial charge is 0.258 e. The van der Waals surface area contributed by atoms with Crippen LogP contribution in [0.5, 0.6) is 0 Å². The topological polar surface area (TPSA) is 67.2 Å². The Hall–Kier alpha value is -2.63. The number of anilines is 1. The van der Waals surface area contributed by atoms with Gasteiger partial charge in [-0.15, -0.1) is 0 Å². The summed E-state index contributed by atoms with van der Waals surface area (Å²) in [6.07, 6.45) is 3.15. The Morgan fingerprint density at radius 2 is 2.00 bits per heavy atom. The molecular formula is C17H14ClN3O2. The number of carbonyl (C=O) groups is 1. The molecule has 0 atom stereocenters. The molecule has 0 aliphatic heterocycles. The zero-order chi connectivity index (χ0) is 16.2. The molecule has 0 aliphatic carbocycles. The molecule has 0 radical (unpaired) electrons. The monoisotopic (exact) mass is 327 g/mol. The summed E-state index contributed by atoms with van der Waals surface area (Å²) < 4.78 is 1.61. The molecular weight excluding hydrogens is 314 g/mol. The van der Waals surface area contributed by atoms with Crippen LogP contribution in [0.4, 0.5) is 5.69 Å². The van der Waals surface area contributed by atoms with Crippen molar-refractivity contribution in [2.45, 2.75) is 6.61 Å². The lowest BCUT2D eigenvalue weighted by atomic mass is 10.2. The van der Waals surface area contributed by atoms with Gasteiger partial charge in [-0.1, -0.05) is 23.7 Å². The molecule has 23 heavy (non-hydrogen) atoms. The summed E-state index contributed by atoms with van der Waals surface area (Å²) in [4.78, 5) is 12.3. The van der Waals surface area contributed by atoms with Crippen LogP contribution in [0.1, 0.15) is 15.9 Å². The highest BCUT2D eigenvalue weighted by molar-refractivity contribution is 6.30. The molecule has 2 N–H and O–H groups in total. The lowest BCUT2D eigenvalue weighted by Gasteiger charge is -2.05. The molecule has 0 saturated carbocycles. The maximum absolute atomic E-state index is 12.3. The quantitative estimate of drug-likeness (QED) is 0.773. The van der Waals surface area contributed by atoms with Gasteiger partial charge in [0.15, 0.2) is 0 Å². The summed E-state index contributed by atoms with van der Waals surface area (Å²) >= 11 is 5.86. The predicted molar refractivity (Wildman–Crippen MR) is 88.9 cm³/mol. The number of hydrogen-bond acceptors (Lipinski definition) is 3. The van der Waals surface area contributed by atoms with Crippen LogP contribution < -0.4 is 5.32 Å². The number of carbonyl (C=O) groups excluding carboxylic acids is 1. The minimum absolute atomic E-state index is 0.0712. The maximum atomic E-state index is 12.3. The SMILES string of the molecule is O=C(Nc1cccc(CO)c1)c1cnn(-c2ccc(Cl)cc2)c1. The van der Waals surface area contributed by atoms with E-state index in [-0.39, 0.29) is 12.5 Å². The number of benzene rings is 2. The van der Waals surface area contributed by atoms with Crippen molar-refractivity contribution in [1.29, 1.82) is 0 Å². The van der Waals surface area contributed by atoms with Crippen LogP contribution in [0.25, 0.3) is 5.69 Å². The van der Waals surface area contributed by atoms with Gasteiger partial charge in [-0.25, -0.2) is 4.68 Å². The van der Waals surface area contributed by atoms with E-state index < -0.39 is 0 Å². The molecule has 6 heteroatoms. The Morgan fingerprint density at radius 3 is 2.74 bits per heavy atom. The highest BCUT2D eigenvalue weighted by atomic mass is 35.5. The fourth-order valence-corrected chi connectivity index (χ4v) is 2.25. The fourth-order valence-electron chi connectivity index (χ4n) is 2.13. The van der Waals surface area contributed by atoms with Gasteiger partial charge in [0.1, 0.15) is 0 Å². The summed E-state index contributed by atoms with van der Waals surface area (Å²) in [5.74, 6) is -0.264. The van der Waals surface area contributed by atoms with Crippen molar-refractivity contribution in [2.24, 2.45) is 0 Å². The van der Waals surface area contributed by atoms with E-state index in [1.165, 1.54) is 6.20 Å². The average Bonchev–Trinajstić information content (AvgIpc) is 3.06. The number of hydrogen-bond donors (Lipinski definition) is 2. The third kappa shape index (κ3) is 3.59. The standard InChI is InChI=1S/C17H14ClN3O2/c18-14-4-6-16(7-5-14)21-10-13(9-19-21)17(23)20-15-3-1-2-12(8-15)11-22/h1-10,22H,11H2,(H,20,23). The van der Waals surface area contributed by atoms with Crippen molar-refractivity contribution in [2.75, 3.05) is 5.32 Å². The number of halogens is 1. The Morgan fingerprint density at radius 1 is 1.22 bits per heavy atom. The number of nitrogens with one attached hydrogen (secondary N) is 1. The van der Waals surface area contributed by atoms with Crippen molar-refractivity contribution in [3.8, 4) is 5.69 Å². The van der Waals surface area contributed by atoms with Gasteiger partial charge in [0.2, 0.25) is 0 Å². The van der Waals surface area contributed by atoms with E-state index in [0.29, 0.717) is 16.3 Å². The van der Waals surface area contributed by atoms with E-state index in [2.05, 4.69) is 10.4 Å². The highest BCUT2D eigenvalue weighted by Gasteiger charge is 2.10. The second-order valence-corrected chi connectivity index (χ2v) is 5.40. The molecule has 1 aromatic heterocycles. The van der Waals surface area contributed by atoms with Gasteiger partial charge in [-0.2, -0.15) is 5.10 Å². The molecule has 2 aromatic carbocycles. The minimum atomic E-state index is -0.264. The van der Waals surface area contributed by atoms with Crippen LogP contribution in [-0.2, 0) is 6.61 Å². The number of rotatable bonds is 4. The number of amides is 1. The number of aliphatic hydroxyl groups is 1. The summed E-state index contributed by atoms with van der Waals surface area (Å²) in [5, 5.41) is 16.7. The lowest BCUT2D eigenvalue weighted by molar-refractivity contribution is 0.102. The summed E-state index contributed by atoms with van der Waals surface area (Å²) in [7, 11) is 0. The van der Waals surface area contributed by atoms with Crippen LogP contribution in [0.15, 0.2) is 60.9 Å². The summed E-state index contributed by atoms with van der Waals surface area (Å²) in [6, 6.07) is 14.2. The summed E-state index contributed by atoms with van der Waals surface area (Å²) in [5.41, 5.74) is 2.62.